The van der Waals surface area contributed by atoms with Crippen LogP contribution in [-0.4, -0.2) is 9.78 Å². The summed E-state index contributed by atoms with van der Waals surface area (Å²) in [6, 6.07) is 4.81. The molecule has 0 spiro atoms. The molecule has 4 aliphatic rings. The van der Waals surface area contributed by atoms with E-state index >= 15 is 0 Å². The maximum atomic E-state index is 10.1. The van der Waals surface area contributed by atoms with E-state index in [2.05, 4.69) is 31.1 Å². The topological polar surface area (TPSA) is 65.4 Å². The molecule has 0 aromatic carbocycles. The molecule has 4 fully saturated rings. The molecule has 0 radical (unpaired) electrons. The Balaban J connectivity index is 1.33. The van der Waals surface area contributed by atoms with Gasteiger partial charge in [-0.2, -0.15) is 15.6 Å². The van der Waals surface area contributed by atoms with E-state index in [1.807, 2.05) is 4.68 Å². The molecule has 5 rings (SSSR count). The summed E-state index contributed by atoms with van der Waals surface area (Å²) in [5.41, 5.74) is 0.892. The highest BCUT2D eigenvalue weighted by atomic mass is 15.3. The van der Waals surface area contributed by atoms with Crippen LogP contribution >= 0.6 is 0 Å². The Hall–Kier alpha value is -1.81. The highest BCUT2D eigenvalue weighted by Gasteiger charge is 2.58. The van der Waals surface area contributed by atoms with Crippen LogP contribution in [0.2, 0.25) is 0 Å². The number of nitrogens with zero attached hydrogens (tertiary/aromatic N) is 4. The number of hydrogen-bond donors (Lipinski definition) is 0. The molecule has 1 aromatic heterocycles. The zero-order valence-corrected chi connectivity index (χ0v) is 18.6. The molecule has 160 valence electrons. The van der Waals surface area contributed by atoms with Crippen molar-refractivity contribution in [2.45, 2.75) is 78.2 Å². The minimum Gasteiger partial charge on any atom is -0.270 e. The minimum atomic E-state index is -0.00476. The van der Waals surface area contributed by atoms with Gasteiger partial charge < -0.3 is 0 Å². The predicted octanol–water partition coefficient (Wildman–Crippen LogP) is 5.80. The van der Waals surface area contributed by atoms with E-state index in [9.17, 15) is 5.26 Å². The molecule has 4 saturated carbocycles. The van der Waals surface area contributed by atoms with Crippen molar-refractivity contribution in [3.05, 3.63) is 18.0 Å². The lowest BCUT2D eigenvalue weighted by Crippen LogP contribution is -2.49. The van der Waals surface area contributed by atoms with Crippen molar-refractivity contribution in [2.75, 3.05) is 0 Å². The number of nitriles is 2. The Morgan fingerprint density at radius 1 is 1.10 bits per heavy atom. The lowest BCUT2D eigenvalue weighted by molar-refractivity contribution is -0.0718. The van der Waals surface area contributed by atoms with Gasteiger partial charge in [0.1, 0.15) is 6.07 Å². The van der Waals surface area contributed by atoms with Crippen molar-refractivity contribution in [1.82, 2.24) is 9.78 Å². The minimum absolute atomic E-state index is 0.00476. The first-order valence-electron chi connectivity index (χ1n) is 12.4. The van der Waals surface area contributed by atoms with Gasteiger partial charge in [0.05, 0.1) is 30.3 Å². The van der Waals surface area contributed by atoms with Crippen molar-refractivity contribution in [2.24, 2.45) is 52.8 Å². The fourth-order valence-corrected chi connectivity index (χ4v) is 8.77. The van der Waals surface area contributed by atoms with Gasteiger partial charge in [-0.15, -0.1) is 0 Å². The quantitative estimate of drug-likeness (QED) is 0.639. The maximum Gasteiger partial charge on any atom is 0.102 e. The largest absolute Gasteiger partial charge is 0.270 e. The Morgan fingerprint density at radius 2 is 1.93 bits per heavy atom. The summed E-state index contributed by atoms with van der Waals surface area (Å²) < 4.78 is 1.82. The van der Waals surface area contributed by atoms with Crippen molar-refractivity contribution in [1.29, 1.82) is 10.5 Å². The summed E-state index contributed by atoms with van der Waals surface area (Å²) in [5, 5.41) is 23.5. The van der Waals surface area contributed by atoms with Crippen LogP contribution in [0.25, 0.3) is 0 Å². The summed E-state index contributed by atoms with van der Waals surface area (Å²) in [6.45, 7) is 5.61. The Morgan fingerprint density at radius 3 is 2.70 bits per heavy atom. The molecule has 30 heavy (non-hydrogen) atoms. The SMILES string of the molecule is CC1CCC2C(CCC3C2CCC2(C)C(C(C#N)Cn4cc(C#N)cn4)CCC32)C1. The molecular formula is C26H36N4. The van der Waals surface area contributed by atoms with E-state index in [1.165, 1.54) is 57.8 Å². The maximum absolute atomic E-state index is 10.1. The van der Waals surface area contributed by atoms with Gasteiger partial charge in [0.2, 0.25) is 0 Å². The monoisotopic (exact) mass is 404 g/mol. The standard InChI is InChI=1S/C26H36N4/c1-17-3-5-21-19(11-17)4-6-23-22(21)9-10-26(2)24(7-8-25(23)26)20(13-28)16-30-15-18(12-27)14-29-30/h14-15,17,19-25H,3-11,16H2,1-2H3. The average molecular weight is 405 g/mol. The third-order valence-electron chi connectivity index (χ3n) is 10.1. The highest BCUT2D eigenvalue weighted by molar-refractivity contribution is 5.21. The molecule has 0 saturated heterocycles. The van der Waals surface area contributed by atoms with E-state index in [0.29, 0.717) is 23.4 Å². The summed E-state index contributed by atoms with van der Waals surface area (Å²) >= 11 is 0. The number of hydrogen-bond acceptors (Lipinski definition) is 3. The van der Waals surface area contributed by atoms with E-state index in [1.54, 1.807) is 12.4 Å². The zero-order valence-electron chi connectivity index (χ0n) is 18.6. The van der Waals surface area contributed by atoms with Gasteiger partial charge in [-0.1, -0.05) is 20.3 Å². The van der Waals surface area contributed by atoms with Gasteiger partial charge in [0, 0.05) is 6.20 Å². The molecule has 0 bridgehead atoms. The van der Waals surface area contributed by atoms with Gasteiger partial charge in [0.25, 0.3) is 0 Å². The second-order valence-corrected chi connectivity index (χ2v) is 11.4. The zero-order chi connectivity index (χ0) is 20.9. The summed E-state index contributed by atoms with van der Waals surface area (Å²) in [5.74, 6) is 6.05. The van der Waals surface area contributed by atoms with Crippen LogP contribution in [0, 0.1) is 75.4 Å². The van der Waals surface area contributed by atoms with E-state index < -0.39 is 0 Å². The van der Waals surface area contributed by atoms with Gasteiger partial charge in [-0.25, -0.2) is 0 Å². The molecular weight excluding hydrogens is 368 g/mol. The van der Waals surface area contributed by atoms with Gasteiger partial charge >= 0.3 is 0 Å². The Bertz CT molecular complexity index is 859. The lowest BCUT2D eigenvalue weighted by atomic mass is 9.49. The molecule has 4 aliphatic carbocycles. The van der Waals surface area contributed by atoms with Gasteiger partial charge in [-0.05, 0) is 98.2 Å². The van der Waals surface area contributed by atoms with Crippen LogP contribution in [0.3, 0.4) is 0 Å². The smallest absolute Gasteiger partial charge is 0.102 e. The fourth-order valence-electron chi connectivity index (χ4n) is 8.77. The molecule has 0 amide bonds. The normalized spacial score (nSPS) is 43.5. The van der Waals surface area contributed by atoms with Crippen LogP contribution in [0.15, 0.2) is 12.4 Å². The molecule has 4 heteroatoms. The summed E-state index contributed by atoms with van der Waals surface area (Å²) in [7, 11) is 0. The molecule has 1 aromatic rings. The van der Waals surface area contributed by atoms with Crippen molar-refractivity contribution < 1.29 is 0 Å². The lowest BCUT2D eigenvalue weighted by Gasteiger charge is -2.56. The Labute approximate surface area is 181 Å². The van der Waals surface area contributed by atoms with Crippen LogP contribution in [0.4, 0.5) is 0 Å². The first-order valence-corrected chi connectivity index (χ1v) is 12.4. The Kier molecular flexibility index (Phi) is 5.17. The third-order valence-corrected chi connectivity index (χ3v) is 10.1. The van der Waals surface area contributed by atoms with Crippen molar-refractivity contribution in [3.8, 4) is 12.1 Å². The fraction of sp³-hybridized carbons (Fsp3) is 0.808. The number of aromatic nitrogens is 2. The average Bonchev–Trinajstić information content (AvgIpc) is 3.35. The highest BCUT2D eigenvalue weighted by Crippen LogP contribution is 2.65. The molecule has 1 heterocycles. The van der Waals surface area contributed by atoms with Crippen LogP contribution < -0.4 is 0 Å². The second-order valence-electron chi connectivity index (χ2n) is 11.4. The third kappa shape index (κ3) is 3.19. The van der Waals surface area contributed by atoms with E-state index in [0.717, 1.165) is 35.5 Å². The summed E-state index contributed by atoms with van der Waals surface area (Å²) in [6.07, 6.45) is 15.9. The van der Waals surface area contributed by atoms with E-state index in [-0.39, 0.29) is 5.92 Å². The van der Waals surface area contributed by atoms with Gasteiger partial charge in [-0.3, -0.25) is 4.68 Å². The van der Waals surface area contributed by atoms with Crippen LogP contribution in [0.1, 0.15) is 77.2 Å². The first-order chi connectivity index (χ1) is 14.5. The van der Waals surface area contributed by atoms with Crippen LogP contribution in [-0.2, 0) is 6.54 Å². The second kappa shape index (κ2) is 7.71. The molecule has 0 aliphatic heterocycles. The first kappa shape index (κ1) is 20.1. The van der Waals surface area contributed by atoms with E-state index in [4.69, 9.17) is 5.26 Å². The van der Waals surface area contributed by atoms with Crippen molar-refractivity contribution >= 4 is 0 Å². The predicted molar refractivity (Wildman–Crippen MR) is 116 cm³/mol. The molecule has 4 nitrogen and oxygen atoms in total. The number of rotatable bonds is 3. The molecule has 9 unspecified atom stereocenters. The molecule has 9 atom stereocenters. The number of fused-ring (bicyclic) bond motifs is 5. The van der Waals surface area contributed by atoms with Gasteiger partial charge in [0.15, 0.2) is 0 Å². The van der Waals surface area contributed by atoms with Crippen LogP contribution in [0.5, 0.6) is 0 Å². The van der Waals surface area contributed by atoms with Crippen molar-refractivity contribution in [3.63, 3.8) is 0 Å². The molecule has 0 N–H and O–H groups in total. The summed E-state index contributed by atoms with van der Waals surface area (Å²) in [4.78, 5) is 0.